The molecule has 2 aromatic carbocycles. The molecule has 0 aliphatic rings. The molecule has 7 heteroatoms. The van der Waals surface area contributed by atoms with Gasteiger partial charge in [-0.05, 0) is 41.8 Å². The molecule has 0 spiro atoms. The fourth-order valence-corrected chi connectivity index (χ4v) is 2.65. The van der Waals surface area contributed by atoms with Gasteiger partial charge in [0.15, 0.2) is 0 Å². The third-order valence-electron chi connectivity index (χ3n) is 4.02. The van der Waals surface area contributed by atoms with Crippen molar-refractivity contribution in [3.8, 4) is 11.1 Å². The molecule has 3 rings (SSSR count). The Hall–Kier alpha value is -3.19. The number of carbonyl (C=O) groups excluding carboxylic acids is 1. The maximum atomic E-state index is 13.3. The number of nitrogens with one attached hydrogen (secondary N) is 1. The zero-order chi connectivity index (χ0) is 19.1. The van der Waals surface area contributed by atoms with Crippen LogP contribution >= 0.6 is 0 Å². The molecule has 0 fully saturated rings. The molecule has 2 N–H and O–H groups in total. The lowest BCUT2D eigenvalue weighted by molar-refractivity contribution is 0.146. The van der Waals surface area contributed by atoms with Gasteiger partial charge in [0, 0.05) is 30.6 Å². The molecule has 140 valence electrons. The smallest absolute Gasteiger partial charge is 0.414 e. The third kappa shape index (κ3) is 4.92. The monoisotopic (exact) mass is 369 g/mol. The second kappa shape index (κ2) is 8.95. The number of halogens is 1. The van der Waals surface area contributed by atoms with E-state index in [1.165, 1.54) is 17.0 Å². The number of benzene rings is 2. The van der Waals surface area contributed by atoms with Crippen LogP contribution < -0.4 is 4.90 Å². The summed E-state index contributed by atoms with van der Waals surface area (Å²) in [6, 6.07) is 13.3. The number of amides is 1. The maximum absolute atomic E-state index is 13.3. The largest absolute Gasteiger partial charge is 0.444 e. The molecule has 0 unspecified atom stereocenters. The number of ether oxygens (including phenoxy) is 1. The van der Waals surface area contributed by atoms with Gasteiger partial charge in [0.2, 0.25) is 0 Å². The number of aliphatic hydroxyl groups excluding tert-OH is 1. The fourth-order valence-electron chi connectivity index (χ4n) is 2.65. The van der Waals surface area contributed by atoms with Gasteiger partial charge in [-0.15, -0.1) is 0 Å². The summed E-state index contributed by atoms with van der Waals surface area (Å²) < 4.78 is 18.6. The third-order valence-corrected chi connectivity index (χ3v) is 4.02. The van der Waals surface area contributed by atoms with Crippen molar-refractivity contribution in [1.29, 1.82) is 0 Å². The average molecular weight is 369 g/mol. The minimum absolute atomic E-state index is 0.0285. The van der Waals surface area contributed by atoms with Crippen LogP contribution in [0.3, 0.4) is 0 Å². The summed E-state index contributed by atoms with van der Waals surface area (Å²) in [4.78, 5) is 14.0. The summed E-state index contributed by atoms with van der Waals surface area (Å²) in [5.74, 6) is -0.379. The number of aliphatic hydroxyl groups is 1. The summed E-state index contributed by atoms with van der Waals surface area (Å²) >= 11 is 0. The zero-order valence-corrected chi connectivity index (χ0v) is 14.6. The number of aromatic amines is 1. The first-order valence-electron chi connectivity index (χ1n) is 8.56. The fraction of sp³-hybridized carbons (Fsp3) is 0.200. The molecular weight excluding hydrogens is 349 g/mol. The molecule has 6 nitrogen and oxygen atoms in total. The number of H-pyrrole nitrogens is 1. The first kappa shape index (κ1) is 18.6. The molecule has 3 aromatic rings. The van der Waals surface area contributed by atoms with E-state index >= 15 is 0 Å². The summed E-state index contributed by atoms with van der Waals surface area (Å²) in [7, 11) is 0. The van der Waals surface area contributed by atoms with Gasteiger partial charge in [0.25, 0.3) is 0 Å². The second-order valence-electron chi connectivity index (χ2n) is 5.95. The van der Waals surface area contributed by atoms with Gasteiger partial charge in [-0.2, -0.15) is 5.10 Å². The number of anilines is 1. The Morgan fingerprint density at radius 2 is 2.00 bits per heavy atom. The number of hydrogen-bond acceptors (Lipinski definition) is 4. The summed E-state index contributed by atoms with van der Waals surface area (Å²) in [5.41, 5.74) is 3.13. The van der Waals surface area contributed by atoms with Gasteiger partial charge in [0.05, 0.1) is 6.20 Å². The summed E-state index contributed by atoms with van der Waals surface area (Å²) in [6.07, 6.45) is 3.36. The van der Waals surface area contributed by atoms with Gasteiger partial charge in [-0.3, -0.25) is 10.00 Å². The highest BCUT2D eigenvalue weighted by Gasteiger charge is 2.17. The lowest BCUT2D eigenvalue weighted by atomic mass is 10.1. The summed E-state index contributed by atoms with van der Waals surface area (Å²) in [5, 5.41) is 15.8. The van der Waals surface area contributed by atoms with Gasteiger partial charge in [-0.1, -0.05) is 24.3 Å². The number of rotatable bonds is 7. The SMILES string of the molecule is O=C(OCc1cccc(F)c1)N(CCCO)c1ccc(-c2cn[nH]c2)cc1. The van der Waals surface area contributed by atoms with Crippen LogP contribution in [-0.2, 0) is 11.3 Å². The highest BCUT2D eigenvalue weighted by atomic mass is 19.1. The topological polar surface area (TPSA) is 78.4 Å². The van der Waals surface area contributed by atoms with E-state index in [-0.39, 0.29) is 19.0 Å². The van der Waals surface area contributed by atoms with Gasteiger partial charge < -0.3 is 9.84 Å². The lowest BCUT2D eigenvalue weighted by Crippen LogP contribution is -2.32. The molecule has 1 heterocycles. The molecule has 27 heavy (non-hydrogen) atoms. The predicted octanol–water partition coefficient (Wildman–Crippen LogP) is 3.74. The molecule has 0 aliphatic heterocycles. The maximum Gasteiger partial charge on any atom is 0.414 e. The van der Waals surface area contributed by atoms with Gasteiger partial charge in [0.1, 0.15) is 12.4 Å². The van der Waals surface area contributed by atoms with E-state index in [4.69, 9.17) is 9.84 Å². The first-order valence-corrected chi connectivity index (χ1v) is 8.56. The molecule has 0 aliphatic carbocycles. The number of nitrogens with zero attached hydrogens (tertiary/aromatic N) is 2. The Labute approximate surface area is 156 Å². The molecule has 0 radical (unpaired) electrons. The lowest BCUT2D eigenvalue weighted by Gasteiger charge is -2.22. The Kier molecular flexibility index (Phi) is 6.17. The highest BCUT2D eigenvalue weighted by molar-refractivity contribution is 5.88. The van der Waals surface area contributed by atoms with E-state index in [0.717, 1.165) is 11.1 Å². The van der Waals surface area contributed by atoms with Crippen LogP contribution in [0.2, 0.25) is 0 Å². The molecule has 0 saturated heterocycles. The van der Waals surface area contributed by atoms with Crippen LogP contribution in [0.25, 0.3) is 11.1 Å². The minimum atomic E-state index is -0.552. The Morgan fingerprint density at radius 1 is 1.19 bits per heavy atom. The van der Waals surface area contributed by atoms with Crippen molar-refractivity contribution >= 4 is 11.8 Å². The van der Waals surface area contributed by atoms with E-state index in [2.05, 4.69) is 10.2 Å². The van der Waals surface area contributed by atoms with Gasteiger partial charge >= 0.3 is 6.09 Å². The Morgan fingerprint density at radius 3 is 2.67 bits per heavy atom. The predicted molar refractivity (Wildman–Crippen MR) is 99.7 cm³/mol. The minimum Gasteiger partial charge on any atom is -0.444 e. The second-order valence-corrected chi connectivity index (χ2v) is 5.95. The quantitative estimate of drug-likeness (QED) is 0.665. The first-order chi connectivity index (χ1) is 13.2. The van der Waals surface area contributed by atoms with Crippen LogP contribution in [-0.4, -0.2) is 34.5 Å². The number of hydrogen-bond donors (Lipinski definition) is 2. The zero-order valence-electron chi connectivity index (χ0n) is 14.6. The van der Waals surface area contributed by atoms with E-state index in [0.29, 0.717) is 24.2 Å². The van der Waals surface area contributed by atoms with Crippen LogP contribution in [0.1, 0.15) is 12.0 Å². The van der Waals surface area contributed by atoms with E-state index in [1.807, 2.05) is 24.3 Å². The molecule has 1 amide bonds. The van der Waals surface area contributed by atoms with Crippen molar-refractivity contribution in [2.45, 2.75) is 13.0 Å². The van der Waals surface area contributed by atoms with Crippen molar-refractivity contribution in [1.82, 2.24) is 10.2 Å². The molecule has 0 saturated carbocycles. The molecule has 0 bridgehead atoms. The number of aromatic nitrogens is 2. The molecule has 0 atom stereocenters. The standard InChI is InChI=1S/C20H20FN3O3/c21-18-4-1-3-15(11-18)14-27-20(26)24(9-2-10-25)19-7-5-16(6-8-19)17-12-22-23-13-17/h1,3-8,11-13,25H,2,9-10,14H2,(H,22,23). The van der Waals surface area contributed by atoms with Crippen molar-refractivity contribution < 1.29 is 19.0 Å². The number of carbonyl (C=O) groups is 1. The molecular formula is C20H20FN3O3. The molecule has 1 aromatic heterocycles. The summed E-state index contributed by atoms with van der Waals surface area (Å²) in [6.45, 7) is 0.240. The Bertz CT molecular complexity index is 866. The van der Waals surface area contributed by atoms with Crippen molar-refractivity contribution in [3.63, 3.8) is 0 Å². The van der Waals surface area contributed by atoms with E-state index < -0.39 is 6.09 Å². The van der Waals surface area contributed by atoms with Crippen LogP contribution in [0, 0.1) is 5.82 Å². The van der Waals surface area contributed by atoms with Gasteiger partial charge in [-0.25, -0.2) is 9.18 Å². The van der Waals surface area contributed by atoms with Crippen molar-refractivity contribution in [2.75, 3.05) is 18.1 Å². The normalized spacial score (nSPS) is 10.6. The van der Waals surface area contributed by atoms with Crippen LogP contribution in [0.5, 0.6) is 0 Å². The highest BCUT2D eigenvalue weighted by Crippen LogP contribution is 2.23. The van der Waals surface area contributed by atoms with E-state index in [9.17, 15) is 9.18 Å². The van der Waals surface area contributed by atoms with Crippen LogP contribution in [0.15, 0.2) is 60.9 Å². The van der Waals surface area contributed by atoms with Crippen molar-refractivity contribution in [2.24, 2.45) is 0 Å². The van der Waals surface area contributed by atoms with Crippen molar-refractivity contribution in [3.05, 3.63) is 72.3 Å². The van der Waals surface area contributed by atoms with Crippen LogP contribution in [0.4, 0.5) is 14.9 Å². The Balaban J connectivity index is 1.71. The van der Waals surface area contributed by atoms with E-state index in [1.54, 1.807) is 24.5 Å². The average Bonchev–Trinajstić information content (AvgIpc) is 3.22.